The highest BCUT2D eigenvalue weighted by molar-refractivity contribution is 6.35. The van der Waals surface area contributed by atoms with E-state index in [4.69, 9.17) is 27.9 Å². The van der Waals surface area contributed by atoms with Gasteiger partial charge in [-0.25, -0.2) is 4.98 Å². The summed E-state index contributed by atoms with van der Waals surface area (Å²) in [5.74, 6) is 1.29. The smallest absolute Gasteiger partial charge is 0.251 e. The van der Waals surface area contributed by atoms with E-state index in [1.807, 2.05) is 48.5 Å². The molecule has 0 unspecified atom stereocenters. The van der Waals surface area contributed by atoms with Crippen LogP contribution in [0.4, 0.5) is 0 Å². The van der Waals surface area contributed by atoms with Crippen LogP contribution in [0, 0.1) is 0 Å². The van der Waals surface area contributed by atoms with Gasteiger partial charge in [0.25, 0.3) is 5.91 Å². The summed E-state index contributed by atoms with van der Waals surface area (Å²) in [4.78, 5) is 20.3. The molecule has 0 fully saturated rings. The van der Waals surface area contributed by atoms with Crippen LogP contribution in [0.15, 0.2) is 72.9 Å². The zero-order valence-electron chi connectivity index (χ0n) is 16.7. The molecule has 0 aliphatic rings. The quantitative estimate of drug-likeness (QED) is 0.378. The third kappa shape index (κ3) is 5.08. The summed E-state index contributed by atoms with van der Waals surface area (Å²) < 4.78 is 5.29. The number of imidazole rings is 1. The van der Waals surface area contributed by atoms with E-state index in [1.165, 1.54) is 0 Å². The van der Waals surface area contributed by atoms with Crippen molar-refractivity contribution in [1.29, 1.82) is 0 Å². The van der Waals surface area contributed by atoms with Crippen molar-refractivity contribution in [3.63, 3.8) is 0 Å². The molecule has 0 aliphatic heterocycles. The molecular weight excluding hydrogens is 433 g/mol. The minimum atomic E-state index is -0.242. The Morgan fingerprint density at radius 1 is 1.00 bits per heavy atom. The Balaban J connectivity index is 1.48. The summed E-state index contributed by atoms with van der Waals surface area (Å²) in [6.45, 7) is 0.361. The van der Waals surface area contributed by atoms with Gasteiger partial charge in [0.2, 0.25) is 0 Å². The predicted octanol–water partition coefficient (Wildman–Crippen LogP) is 5.99. The van der Waals surface area contributed by atoms with Crippen LogP contribution in [-0.2, 0) is 6.54 Å². The third-order valence-corrected chi connectivity index (χ3v) is 5.17. The van der Waals surface area contributed by atoms with E-state index in [9.17, 15) is 4.79 Å². The number of halogens is 2. The van der Waals surface area contributed by atoms with Crippen molar-refractivity contribution in [3.05, 3.63) is 94.1 Å². The fraction of sp³-hybridized carbons (Fsp3) is 0.0833. The highest BCUT2D eigenvalue weighted by Crippen LogP contribution is 2.25. The Morgan fingerprint density at radius 3 is 2.52 bits per heavy atom. The van der Waals surface area contributed by atoms with Gasteiger partial charge in [-0.1, -0.05) is 53.5 Å². The van der Waals surface area contributed by atoms with Crippen molar-refractivity contribution in [2.45, 2.75) is 6.54 Å². The minimum Gasteiger partial charge on any atom is -0.497 e. The predicted molar refractivity (Wildman–Crippen MR) is 124 cm³/mol. The number of benzene rings is 3. The number of carbonyl (C=O) groups is 1. The van der Waals surface area contributed by atoms with Gasteiger partial charge in [-0.05, 0) is 42.0 Å². The van der Waals surface area contributed by atoms with Gasteiger partial charge in [0.15, 0.2) is 0 Å². The summed E-state index contributed by atoms with van der Waals surface area (Å²) in [5, 5.41) is 3.73. The molecule has 1 amide bonds. The van der Waals surface area contributed by atoms with Crippen molar-refractivity contribution >= 4 is 29.1 Å². The first-order valence-electron chi connectivity index (χ1n) is 9.55. The van der Waals surface area contributed by atoms with Gasteiger partial charge >= 0.3 is 0 Å². The van der Waals surface area contributed by atoms with Crippen LogP contribution < -0.4 is 10.1 Å². The second-order valence-electron chi connectivity index (χ2n) is 6.92. The molecule has 0 aliphatic carbocycles. The summed E-state index contributed by atoms with van der Waals surface area (Å²) in [6, 6.07) is 20.4. The second kappa shape index (κ2) is 9.25. The minimum absolute atomic E-state index is 0.242. The van der Waals surface area contributed by atoms with Gasteiger partial charge in [-0.15, -0.1) is 0 Å². The monoisotopic (exact) mass is 451 g/mol. The third-order valence-electron chi connectivity index (χ3n) is 4.73. The largest absolute Gasteiger partial charge is 0.497 e. The molecule has 0 saturated heterocycles. The second-order valence-corrected chi connectivity index (χ2v) is 7.79. The SMILES string of the molecule is COc1cccc(-c2cnc(-c3cccc(CNC(=O)c4cc(Cl)cc(Cl)c4)c3)[nH]2)c1. The van der Waals surface area contributed by atoms with E-state index < -0.39 is 0 Å². The van der Waals surface area contributed by atoms with E-state index in [-0.39, 0.29) is 5.91 Å². The first-order valence-corrected chi connectivity index (χ1v) is 10.3. The Morgan fingerprint density at radius 2 is 1.74 bits per heavy atom. The molecule has 4 rings (SSSR count). The molecule has 0 bridgehead atoms. The maximum Gasteiger partial charge on any atom is 0.251 e. The number of amides is 1. The van der Waals surface area contributed by atoms with E-state index in [0.717, 1.165) is 34.0 Å². The fourth-order valence-electron chi connectivity index (χ4n) is 3.20. The number of nitrogens with zero attached hydrogens (tertiary/aromatic N) is 1. The number of carbonyl (C=O) groups excluding carboxylic acids is 1. The molecule has 0 radical (unpaired) electrons. The van der Waals surface area contributed by atoms with Crippen molar-refractivity contribution in [2.24, 2.45) is 0 Å². The van der Waals surface area contributed by atoms with Crippen molar-refractivity contribution in [1.82, 2.24) is 15.3 Å². The number of methoxy groups -OCH3 is 1. The van der Waals surface area contributed by atoms with Crippen molar-refractivity contribution < 1.29 is 9.53 Å². The molecule has 31 heavy (non-hydrogen) atoms. The van der Waals surface area contributed by atoms with Crippen LogP contribution in [0.2, 0.25) is 10.0 Å². The van der Waals surface area contributed by atoms with Crippen molar-refractivity contribution in [3.8, 4) is 28.4 Å². The highest BCUT2D eigenvalue weighted by Gasteiger charge is 2.10. The Bertz CT molecular complexity index is 1220. The van der Waals surface area contributed by atoms with Crippen LogP contribution in [0.1, 0.15) is 15.9 Å². The lowest BCUT2D eigenvalue weighted by molar-refractivity contribution is 0.0951. The number of H-pyrrole nitrogens is 1. The van der Waals surface area contributed by atoms with Gasteiger partial charge in [0, 0.05) is 33.3 Å². The van der Waals surface area contributed by atoms with Crippen molar-refractivity contribution in [2.75, 3.05) is 7.11 Å². The lowest BCUT2D eigenvalue weighted by Gasteiger charge is -2.08. The summed E-state index contributed by atoms with van der Waals surface area (Å²) in [7, 11) is 1.64. The number of hydrogen-bond acceptors (Lipinski definition) is 3. The first-order chi connectivity index (χ1) is 15.0. The number of hydrogen-bond donors (Lipinski definition) is 2. The molecule has 0 spiro atoms. The molecule has 5 nitrogen and oxygen atoms in total. The highest BCUT2D eigenvalue weighted by atomic mass is 35.5. The fourth-order valence-corrected chi connectivity index (χ4v) is 3.73. The lowest BCUT2D eigenvalue weighted by atomic mass is 10.1. The molecule has 156 valence electrons. The molecule has 0 saturated carbocycles. The lowest BCUT2D eigenvalue weighted by Crippen LogP contribution is -2.22. The van der Waals surface area contributed by atoms with Gasteiger partial charge in [-0.2, -0.15) is 0 Å². The van der Waals surface area contributed by atoms with Gasteiger partial charge in [-0.3, -0.25) is 4.79 Å². The number of aromatic amines is 1. The molecular formula is C24H19Cl2N3O2. The average molecular weight is 452 g/mol. The van der Waals surface area contributed by atoms with E-state index in [2.05, 4.69) is 15.3 Å². The Labute approximate surface area is 190 Å². The standard InChI is InChI=1S/C24H19Cl2N3O2/c1-31-21-7-3-5-16(11-21)22-14-27-23(29-22)17-6-2-4-15(8-17)13-28-24(30)18-9-19(25)12-20(26)10-18/h2-12,14H,13H2,1H3,(H,27,29)(H,28,30). The van der Waals surface area contributed by atoms with Gasteiger partial charge in [0.05, 0.1) is 19.0 Å². The molecule has 3 aromatic carbocycles. The molecule has 7 heteroatoms. The van der Waals surface area contributed by atoms with E-state index in [0.29, 0.717) is 22.2 Å². The average Bonchev–Trinajstić information content (AvgIpc) is 3.27. The van der Waals surface area contributed by atoms with Crippen LogP contribution >= 0.6 is 23.2 Å². The number of aromatic nitrogens is 2. The zero-order valence-corrected chi connectivity index (χ0v) is 18.2. The summed E-state index contributed by atoms with van der Waals surface area (Å²) in [6.07, 6.45) is 1.79. The zero-order chi connectivity index (χ0) is 21.8. The van der Waals surface area contributed by atoms with Crippen LogP contribution in [0.25, 0.3) is 22.6 Å². The van der Waals surface area contributed by atoms with Crippen LogP contribution in [0.3, 0.4) is 0 Å². The van der Waals surface area contributed by atoms with Crippen LogP contribution in [0.5, 0.6) is 5.75 Å². The molecule has 4 aromatic rings. The van der Waals surface area contributed by atoms with E-state index in [1.54, 1.807) is 31.5 Å². The van der Waals surface area contributed by atoms with Gasteiger partial charge < -0.3 is 15.0 Å². The number of nitrogens with one attached hydrogen (secondary N) is 2. The maximum atomic E-state index is 12.4. The number of ether oxygens (including phenoxy) is 1. The normalized spacial score (nSPS) is 10.7. The molecule has 1 aromatic heterocycles. The molecule has 0 atom stereocenters. The molecule has 2 N–H and O–H groups in total. The molecule has 1 heterocycles. The van der Waals surface area contributed by atoms with Crippen LogP contribution in [-0.4, -0.2) is 23.0 Å². The number of rotatable bonds is 6. The Kier molecular flexibility index (Phi) is 6.26. The summed E-state index contributed by atoms with van der Waals surface area (Å²) in [5.41, 5.74) is 4.17. The first kappa shape index (κ1) is 21.0. The Hall–Kier alpha value is -3.28. The topological polar surface area (TPSA) is 67.0 Å². The summed E-state index contributed by atoms with van der Waals surface area (Å²) >= 11 is 12.0. The van der Waals surface area contributed by atoms with E-state index >= 15 is 0 Å². The van der Waals surface area contributed by atoms with Gasteiger partial charge in [0.1, 0.15) is 11.6 Å². The maximum absolute atomic E-state index is 12.4.